The maximum atomic E-state index is 10.9. The Hall–Kier alpha value is 0.130. The highest BCUT2D eigenvalue weighted by molar-refractivity contribution is 8.04. The zero-order valence-corrected chi connectivity index (χ0v) is 10.5. The van der Waals surface area contributed by atoms with Crippen molar-refractivity contribution in [1.82, 2.24) is 5.32 Å². The van der Waals surface area contributed by atoms with E-state index in [4.69, 9.17) is 5.11 Å². The van der Waals surface area contributed by atoms with Crippen LogP contribution in [0.2, 0.25) is 0 Å². The molecule has 2 aliphatic rings. The predicted molar refractivity (Wildman–Crippen MR) is 65.5 cm³/mol. The minimum atomic E-state index is -0.698. The van der Waals surface area contributed by atoms with E-state index >= 15 is 0 Å². The maximum absolute atomic E-state index is 10.9. The zero-order chi connectivity index (χ0) is 10.9. The number of rotatable bonds is 3. The fourth-order valence-corrected chi connectivity index (χ4v) is 5.09. The number of carboxylic acids is 1. The van der Waals surface area contributed by atoms with E-state index in [2.05, 4.69) is 11.6 Å². The Morgan fingerprint density at radius 3 is 2.80 bits per heavy atom. The van der Waals surface area contributed by atoms with E-state index in [1.165, 1.54) is 19.3 Å². The average Bonchev–Trinajstić information content (AvgIpc) is 2.17. The molecule has 0 aromatic carbocycles. The first kappa shape index (κ1) is 11.6. The van der Waals surface area contributed by atoms with Crippen LogP contribution in [0, 0.1) is 0 Å². The Balaban J connectivity index is 2.00. The van der Waals surface area contributed by atoms with E-state index in [-0.39, 0.29) is 6.04 Å². The number of aliphatic carboxylic acids is 1. The van der Waals surface area contributed by atoms with Crippen molar-refractivity contribution in [2.24, 2.45) is 0 Å². The SMILES string of the molecule is CSC1(C2NC(C(=O)O)CCS2)CCC1. The third kappa shape index (κ3) is 2.15. The third-order valence-electron chi connectivity index (χ3n) is 3.43. The van der Waals surface area contributed by atoms with Crippen LogP contribution in [0.3, 0.4) is 0 Å². The Bertz CT molecular complexity index is 250. The lowest BCUT2D eigenvalue weighted by molar-refractivity contribution is -0.139. The van der Waals surface area contributed by atoms with E-state index in [9.17, 15) is 4.79 Å². The second kappa shape index (κ2) is 4.55. The maximum Gasteiger partial charge on any atom is 0.320 e. The van der Waals surface area contributed by atoms with Crippen molar-refractivity contribution >= 4 is 29.5 Å². The van der Waals surface area contributed by atoms with E-state index < -0.39 is 5.97 Å². The van der Waals surface area contributed by atoms with Gasteiger partial charge < -0.3 is 5.11 Å². The number of nitrogens with one attached hydrogen (secondary N) is 1. The van der Waals surface area contributed by atoms with Gasteiger partial charge in [-0.25, -0.2) is 0 Å². The molecule has 2 rings (SSSR count). The van der Waals surface area contributed by atoms with Crippen LogP contribution in [0.4, 0.5) is 0 Å². The molecule has 1 aliphatic heterocycles. The Kier molecular flexibility index (Phi) is 3.52. The molecule has 3 nitrogen and oxygen atoms in total. The lowest BCUT2D eigenvalue weighted by atomic mass is 9.83. The predicted octanol–water partition coefficient (Wildman–Crippen LogP) is 1.78. The summed E-state index contributed by atoms with van der Waals surface area (Å²) in [5, 5.41) is 12.6. The molecule has 0 bridgehead atoms. The first-order chi connectivity index (χ1) is 7.18. The molecule has 5 heteroatoms. The number of carboxylic acid groups (broad SMARTS) is 1. The molecule has 1 aliphatic carbocycles. The summed E-state index contributed by atoms with van der Waals surface area (Å²) in [5.74, 6) is 0.271. The largest absolute Gasteiger partial charge is 0.480 e. The molecule has 1 saturated heterocycles. The second-order valence-electron chi connectivity index (χ2n) is 4.22. The van der Waals surface area contributed by atoms with Gasteiger partial charge in [-0.15, -0.1) is 11.8 Å². The number of thioether (sulfide) groups is 2. The summed E-state index contributed by atoms with van der Waals surface area (Å²) in [4.78, 5) is 10.9. The molecular weight excluding hydrogens is 230 g/mol. The van der Waals surface area contributed by atoms with Crippen molar-refractivity contribution in [2.45, 2.75) is 41.8 Å². The summed E-state index contributed by atoms with van der Waals surface area (Å²) in [6.45, 7) is 0. The highest BCUT2D eigenvalue weighted by Crippen LogP contribution is 2.49. The summed E-state index contributed by atoms with van der Waals surface area (Å²) in [5.41, 5.74) is 0. The number of hydrogen-bond acceptors (Lipinski definition) is 4. The van der Waals surface area contributed by atoms with Gasteiger partial charge in [0.15, 0.2) is 0 Å². The molecule has 86 valence electrons. The van der Waals surface area contributed by atoms with Gasteiger partial charge in [-0.3, -0.25) is 10.1 Å². The molecule has 15 heavy (non-hydrogen) atoms. The van der Waals surface area contributed by atoms with Gasteiger partial charge in [-0.1, -0.05) is 6.42 Å². The van der Waals surface area contributed by atoms with Crippen molar-refractivity contribution in [2.75, 3.05) is 12.0 Å². The highest BCUT2D eigenvalue weighted by Gasteiger charge is 2.46. The monoisotopic (exact) mass is 247 g/mol. The lowest BCUT2D eigenvalue weighted by Gasteiger charge is -2.48. The van der Waals surface area contributed by atoms with Crippen LogP contribution in [-0.4, -0.2) is 39.2 Å². The average molecular weight is 247 g/mol. The van der Waals surface area contributed by atoms with Crippen molar-refractivity contribution in [3.05, 3.63) is 0 Å². The van der Waals surface area contributed by atoms with Crippen molar-refractivity contribution in [3.8, 4) is 0 Å². The smallest absolute Gasteiger partial charge is 0.320 e. The third-order valence-corrected chi connectivity index (χ3v) is 6.42. The van der Waals surface area contributed by atoms with Gasteiger partial charge in [0.25, 0.3) is 0 Å². The lowest BCUT2D eigenvalue weighted by Crippen LogP contribution is -2.57. The standard InChI is InChI=1S/C10H17NO2S2/c1-14-10(4-2-5-10)9-11-7(8(12)13)3-6-15-9/h7,9,11H,2-6H2,1H3,(H,12,13). The summed E-state index contributed by atoms with van der Waals surface area (Å²) in [6, 6.07) is -0.333. The molecule has 2 N–H and O–H groups in total. The van der Waals surface area contributed by atoms with Crippen molar-refractivity contribution in [1.29, 1.82) is 0 Å². The molecule has 2 fully saturated rings. The van der Waals surface area contributed by atoms with Crippen LogP contribution >= 0.6 is 23.5 Å². The molecule has 0 radical (unpaired) electrons. The van der Waals surface area contributed by atoms with Crippen LogP contribution < -0.4 is 5.32 Å². The van der Waals surface area contributed by atoms with Crippen LogP contribution in [0.5, 0.6) is 0 Å². The van der Waals surface area contributed by atoms with Gasteiger partial charge in [0.2, 0.25) is 0 Å². The number of carbonyl (C=O) groups is 1. The molecule has 0 spiro atoms. The fourth-order valence-electron chi connectivity index (χ4n) is 2.22. The Labute approximate surface area is 98.8 Å². The first-order valence-electron chi connectivity index (χ1n) is 5.33. The normalized spacial score (nSPS) is 34.5. The summed E-state index contributed by atoms with van der Waals surface area (Å²) < 4.78 is 0.304. The molecule has 1 saturated carbocycles. The van der Waals surface area contributed by atoms with E-state index in [0.717, 1.165) is 12.2 Å². The number of hydrogen-bond donors (Lipinski definition) is 2. The van der Waals surface area contributed by atoms with Crippen LogP contribution in [0.1, 0.15) is 25.7 Å². The second-order valence-corrected chi connectivity index (χ2v) is 6.65. The van der Waals surface area contributed by atoms with Gasteiger partial charge in [-0.2, -0.15) is 11.8 Å². The topological polar surface area (TPSA) is 49.3 Å². The van der Waals surface area contributed by atoms with Crippen molar-refractivity contribution < 1.29 is 9.90 Å². The molecule has 2 unspecified atom stereocenters. The fraction of sp³-hybridized carbons (Fsp3) is 0.900. The highest BCUT2D eigenvalue weighted by atomic mass is 32.2. The van der Waals surface area contributed by atoms with Gasteiger partial charge >= 0.3 is 5.97 Å². The van der Waals surface area contributed by atoms with E-state index in [1.54, 1.807) is 0 Å². The Morgan fingerprint density at radius 2 is 2.33 bits per heavy atom. The van der Waals surface area contributed by atoms with E-state index in [0.29, 0.717) is 10.1 Å². The van der Waals surface area contributed by atoms with Crippen molar-refractivity contribution in [3.63, 3.8) is 0 Å². The summed E-state index contributed by atoms with van der Waals surface area (Å²) in [6.07, 6.45) is 6.64. The Morgan fingerprint density at radius 1 is 1.60 bits per heavy atom. The van der Waals surface area contributed by atoms with Gasteiger partial charge in [0.1, 0.15) is 6.04 Å². The molecule has 2 atom stereocenters. The molecule has 0 amide bonds. The van der Waals surface area contributed by atoms with Crippen LogP contribution in [-0.2, 0) is 4.79 Å². The quantitative estimate of drug-likeness (QED) is 0.796. The summed E-state index contributed by atoms with van der Waals surface area (Å²) >= 11 is 3.80. The molecule has 0 aromatic heterocycles. The van der Waals surface area contributed by atoms with Crippen LogP contribution in [0.25, 0.3) is 0 Å². The van der Waals surface area contributed by atoms with Gasteiger partial charge in [0, 0.05) is 4.75 Å². The summed E-state index contributed by atoms with van der Waals surface area (Å²) in [7, 11) is 0. The van der Waals surface area contributed by atoms with Gasteiger partial charge in [-0.05, 0) is 31.3 Å². The minimum absolute atomic E-state index is 0.304. The van der Waals surface area contributed by atoms with Gasteiger partial charge in [0.05, 0.1) is 5.37 Å². The zero-order valence-electron chi connectivity index (χ0n) is 8.86. The minimum Gasteiger partial charge on any atom is -0.480 e. The molecule has 0 aromatic rings. The first-order valence-corrected chi connectivity index (χ1v) is 7.61. The van der Waals surface area contributed by atoms with E-state index in [1.807, 2.05) is 23.5 Å². The van der Waals surface area contributed by atoms with Crippen LogP contribution in [0.15, 0.2) is 0 Å². The molecular formula is C10H17NO2S2. The molecule has 1 heterocycles.